The molecule has 124 valence electrons. The minimum atomic E-state index is -0.343. The minimum absolute atomic E-state index is 0.172. The van der Waals surface area contributed by atoms with Crippen molar-refractivity contribution in [2.75, 3.05) is 6.54 Å². The van der Waals surface area contributed by atoms with E-state index in [4.69, 9.17) is 16.0 Å². The molecule has 0 aromatic carbocycles. The number of hydrogen-bond acceptors (Lipinski definition) is 4. The van der Waals surface area contributed by atoms with Crippen molar-refractivity contribution in [2.45, 2.75) is 13.0 Å². The van der Waals surface area contributed by atoms with Gasteiger partial charge in [-0.1, -0.05) is 11.6 Å². The van der Waals surface area contributed by atoms with Gasteiger partial charge in [0.25, 0.3) is 5.91 Å². The van der Waals surface area contributed by atoms with Gasteiger partial charge in [0.15, 0.2) is 5.76 Å². The van der Waals surface area contributed by atoms with E-state index in [0.717, 1.165) is 11.3 Å². The lowest BCUT2D eigenvalue weighted by atomic mass is 10.3. The number of aromatic nitrogens is 2. The number of rotatable bonds is 6. The van der Waals surface area contributed by atoms with E-state index in [9.17, 15) is 9.59 Å². The molecular formula is C16H15ClN4O3. The number of fused-ring (bicyclic) bond motifs is 1. The number of furan rings is 1. The number of imidazole rings is 1. The van der Waals surface area contributed by atoms with E-state index in [-0.39, 0.29) is 30.5 Å². The van der Waals surface area contributed by atoms with Crippen LogP contribution in [0.2, 0.25) is 5.02 Å². The summed E-state index contributed by atoms with van der Waals surface area (Å²) in [6.07, 6.45) is 5.15. The zero-order valence-electron chi connectivity index (χ0n) is 12.7. The molecule has 0 unspecified atom stereocenters. The summed E-state index contributed by atoms with van der Waals surface area (Å²) < 4.78 is 6.76. The molecular weight excluding hydrogens is 332 g/mol. The molecule has 2 N–H and O–H groups in total. The summed E-state index contributed by atoms with van der Waals surface area (Å²) in [6.45, 7) is 0.538. The Hall–Kier alpha value is -2.80. The van der Waals surface area contributed by atoms with Crippen molar-refractivity contribution in [1.82, 2.24) is 20.0 Å². The average Bonchev–Trinajstić information content (AvgIpc) is 3.21. The summed E-state index contributed by atoms with van der Waals surface area (Å²) in [5.74, 6) is -0.298. The van der Waals surface area contributed by atoms with E-state index in [0.29, 0.717) is 11.6 Å². The number of carbonyl (C=O) groups is 2. The number of nitrogens with zero attached hydrogens (tertiary/aromatic N) is 2. The normalized spacial score (nSPS) is 10.7. The molecule has 8 heteroatoms. The van der Waals surface area contributed by atoms with Crippen molar-refractivity contribution in [2.24, 2.45) is 0 Å². The van der Waals surface area contributed by atoms with Gasteiger partial charge in [0.1, 0.15) is 5.65 Å². The Bertz CT molecular complexity index is 857. The maximum absolute atomic E-state index is 11.8. The van der Waals surface area contributed by atoms with E-state index in [2.05, 4.69) is 15.6 Å². The second kappa shape index (κ2) is 7.18. The van der Waals surface area contributed by atoms with E-state index in [1.807, 2.05) is 0 Å². The van der Waals surface area contributed by atoms with Crippen LogP contribution in [0.5, 0.6) is 0 Å². The Morgan fingerprint density at radius 3 is 2.88 bits per heavy atom. The lowest BCUT2D eigenvalue weighted by Gasteiger charge is -2.04. The first-order valence-corrected chi connectivity index (χ1v) is 7.71. The molecule has 3 aromatic heterocycles. The molecule has 0 aliphatic carbocycles. The molecule has 0 fully saturated rings. The molecule has 24 heavy (non-hydrogen) atoms. The number of nitrogens with one attached hydrogen (secondary N) is 2. The highest BCUT2D eigenvalue weighted by molar-refractivity contribution is 6.30. The third kappa shape index (κ3) is 3.94. The van der Waals surface area contributed by atoms with Gasteiger partial charge in [0.05, 0.1) is 23.5 Å². The molecule has 0 radical (unpaired) electrons. The summed E-state index contributed by atoms with van der Waals surface area (Å²) in [5, 5.41) is 5.99. The van der Waals surface area contributed by atoms with E-state index in [1.54, 1.807) is 41.1 Å². The van der Waals surface area contributed by atoms with Crippen molar-refractivity contribution in [3.05, 3.63) is 59.4 Å². The van der Waals surface area contributed by atoms with Gasteiger partial charge < -0.3 is 19.5 Å². The molecule has 0 aliphatic rings. The summed E-state index contributed by atoms with van der Waals surface area (Å²) in [6, 6.07) is 6.75. The van der Waals surface area contributed by atoms with Crippen LogP contribution in [0.1, 0.15) is 22.7 Å². The third-order valence-electron chi connectivity index (χ3n) is 3.31. The quantitative estimate of drug-likeness (QED) is 0.714. The molecule has 7 nitrogen and oxygen atoms in total. The van der Waals surface area contributed by atoms with Gasteiger partial charge >= 0.3 is 0 Å². The maximum atomic E-state index is 11.8. The van der Waals surface area contributed by atoms with Gasteiger partial charge in [-0.15, -0.1) is 0 Å². The molecule has 0 spiro atoms. The highest BCUT2D eigenvalue weighted by atomic mass is 35.5. The van der Waals surface area contributed by atoms with Crippen LogP contribution in [0.25, 0.3) is 5.65 Å². The van der Waals surface area contributed by atoms with E-state index in [1.165, 1.54) is 6.26 Å². The first kappa shape index (κ1) is 16.1. The molecule has 2 amide bonds. The van der Waals surface area contributed by atoms with Crippen LogP contribution in [-0.2, 0) is 11.3 Å². The minimum Gasteiger partial charge on any atom is -0.459 e. The summed E-state index contributed by atoms with van der Waals surface area (Å²) in [7, 11) is 0. The molecule has 0 saturated carbocycles. The standard InChI is InChI=1S/C16H15ClN4O3/c17-11-3-4-14-20-12(10-21(14)9-11)8-19-15(22)5-6-18-16(23)13-2-1-7-24-13/h1-4,7,9-10H,5-6,8H2,(H,18,23)(H,19,22). The Morgan fingerprint density at radius 1 is 1.21 bits per heavy atom. The molecule has 0 saturated heterocycles. The first-order chi connectivity index (χ1) is 11.6. The zero-order valence-corrected chi connectivity index (χ0v) is 13.4. The van der Waals surface area contributed by atoms with Crippen molar-refractivity contribution in [1.29, 1.82) is 0 Å². The van der Waals surface area contributed by atoms with Crippen LogP contribution < -0.4 is 10.6 Å². The van der Waals surface area contributed by atoms with Gasteiger partial charge in [0.2, 0.25) is 5.91 Å². The fourth-order valence-electron chi connectivity index (χ4n) is 2.16. The predicted octanol–water partition coefficient (Wildman–Crippen LogP) is 2.02. The smallest absolute Gasteiger partial charge is 0.286 e. The van der Waals surface area contributed by atoms with Crippen LogP contribution in [0, 0.1) is 0 Å². The molecule has 3 aromatic rings. The average molecular weight is 347 g/mol. The fourth-order valence-corrected chi connectivity index (χ4v) is 2.33. The van der Waals surface area contributed by atoms with Gasteiger partial charge in [-0.25, -0.2) is 4.98 Å². The molecule has 3 heterocycles. The number of carbonyl (C=O) groups excluding carboxylic acids is 2. The topological polar surface area (TPSA) is 88.6 Å². The predicted molar refractivity (Wildman–Crippen MR) is 87.7 cm³/mol. The van der Waals surface area contributed by atoms with E-state index >= 15 is 0 Å². The van der Waals surface area contributed by atoms with Crippen LogP contribution in [0.4, 0.5) is 0 Å². The van der Waals surface area contributed by atoms with Crippen LogP contribution in [-0.4, -0.2) is 27.7 Å². The fraction of sp³-hybridized carbons (Fsp3) is 0.188. The lowest BCUT2D eigenvalue weighted by Crippen LogP contribution is -2.30. The molecule has 0 aliphatic heterocycles. The molecule has 0 atom stereocenters. The van der Waals surface area contributed by atoms with Gasteiger partial charge in [-0.2, -0.15) is 0 Å². The second-order valence-electron chi connectivity index (χ2n) is 5.10. The highest BCUT2D eigenvalue weighted by Crippen LogP contribution is 2.11. The Labute approximate surface area is 142 Å². The molecule has 3 rings (SSSR count). The number of halogens is 1. The van der Waals surface area contributed by atoms with Crippen molar-refractivity contribution >= 4 is 29.1 Å². The van der Waals surface area contributed by atoms with Crippen LogP contribution in [0.3, 0.4) is 0 Å². The Balaban J connectivity index is 1.44. The largest absolute Gasteiger partial charge is 0.459 e. The molecule has 0 bridgehead atoms. The number of amides is 2. The number of hydrogen-bond donors (Lipinski definition) is 2. The third-order valence-corrected chi connectivity index (χ3v) is 3.54. The Kier molecular flexibility index (Phi) is 4.81. The van der Waals surface area contributed by atoms with Crippen molar-refractivity contribution in [3.63, 3.8) is 0 Å². The lowest BCUT2D eigenvalue weighted by molar-refractivity contribution is -0.121. The number of pyridine rings is 1. The van der Waals surface area contributed by atoms with Crippen LogP contribution >= 0.6 is 11.6 Å². The Morgan fingerprint density at radius 2 is 2.08 bits per heavy atom. The summed E-state index contributed by atoms with van der Waals surface area (Å²) in [5.41, 5.74) is 1.49. The van der Waals surface area contributed by atoms with Crippen LogP contribution in [0.15, 0.2) is 47.3 Å². The summed E-state index contributed by atoms with van der Waals surface area (Å²) >= 11 is 5.92. The van der Waals surface area contributed by atoms with Crippen molar-refractivity contribution in [3.8, 4) is 0 Å². The monoisotopic (exact) mass is 346 g/mol. The summed E-state index contributed by atoms with van der Waals surface area (Å²) in [4.78, 5) is 27.8. The van der Waals surface area contributed by atoms with Gasteiger partial charge in [-0.3, -0.25) is 9.59 Å². The maximum Gasteiger partial charge on any atom is 0.286 e. The highest BCUT2D eigenvalue weighted by Gasteiger charge is 2.09. The van der Waals surface area contributed by atoms with Gasteiger partial charge in [-0.05, 0) is 24.3 Å². The first-order valence-electron chi connectivity index (χ1n) is 7.33. The van der Waals surface area contributed by atoms with Crippen molar-refractivity contribution < 1.29 is 14.0 Å². The SMILES string of the molecule is O=C(CCNC(=O)c1ccco1)NCc1cn2cc(Cl)ccc2n1. The zero-order chi connectivity index (χ0) is 16.9. The van der Waals surface area contributed by atoms with E-state index < -0.39 is 0 Å². The van der Waals surface area contributed by atoms with Gasteiger partial charge in [0, 0.05) is 25.4 Å². The second-order valence-corrected chi connectivity index (χ2v) is 5.54.